The van der Waals surface area contributed by atoms with E-state index in [1.165, 1.54) is 57.5 Å². The van der Waals surface area contributed by atoms with Crippen molar-refractivity contribution in [2.75, 3.05) is 45.8 Å². The molecule has 0 saturated carbocycles. The number of fused-ring (bicyclic) bond motifs is 4. The molecular formula is C23H41N5O7S. The van der Waals surface area contributed by atoms with Gasteiger partial charge in [-0.1, -0.05) is 47.6 Å². The molecule has 36 heavy (non-hydrogen) atoms. The molecule has 0 aliphatic carbocycles. The molecule has 0 aromatic heterocycles. The first kappa shape index (κ1) is 31.6. The summed E-state index contributed by atoms with van der Waals surface area (Å²) in [6, 6.07) is 1.07. The molecule has 2 heterocycles. The molecule has 1 fully saturated rings. The zero-order chi connectivity index (χ0) is 27.6. The molecule has 2 bridgehead atoms. The topological polar surface area (TPSA) is 157 Å². The number of amides is 3. The molecule has 0 unspecified atom stereocenters. The second kappa shape index (κ2) is 14.3. The van der Waals surface area contributed by atoms with Gasteiger partial charge in [-0.05, 0) is 62.5 Å². The molecule has 12 nitrogen and oxygen atoms in total. The van der Waals surface area contributed by atoms with Crippen LogP contribution in [-0.2, 0) is 19.5 Å². The minimum Gasteiger partial charge on any atom is -0.508 e. The Balaban J connectivity index is 0.000000383. The lowest BCUT2D eigenvalue weighted by atomic mass is 9.90. The number of carbonyl (C=O) groups is 2. The second-order valence-electron chi connectivity index (χ2n) is 8.14. The van der Waals surface area contributed by atoms with Crippen molar-refractivity contribution in [3.8, 4) is 5.75 Å². The number of carbonyl (C=O) groups excluding carboxylic acids is 2. The largest absolute Gasteiger partial charge is 0.508 e. The number of aromatic hydroxyl groups is 1. The Morgan fingerprint density at radius 2 is 1.47 bits per heavy atom. The first-order valence-corrected chi connectivity index (χ1v) is 13.6. The van der Waals surface area contributed by atoms with Gasteiger partial charge < -0.3 is 25.5 Å². The van der Waals surface area contributed by atoms with E-state index in [1.54, 1.807) is 0 Å². The number of rotatable bonds is 9. The third kappa shape index (κ3) is 8.30. The van der Waals surface area contributed by atoms with Gasteiger partial charge in [0.25, 0.3) is 0 Å². The maximum Gasteiger partial charge on any atom is 0.418 e. The molecule has 3 rings (SSSR count). The van der Waals surface area contributed by atoms with E-state index in [-0.39, 0.29) is 12.3 Å². The third-order valence-electron chi connectivity index (χ3n) is 6.25. The average Bonchev–Trinajstić information content (AvgIpc) is 3.08. The van der Waals surface area contributed by atoms with E-state index in [4.69, 9.17) is 10.3 Å². The van der Waals surface area contributed by atoms with Gasteiger partial charge in [0, 0.05) is 0 Å². The highest BCUT2D eigenvalue weighted by Crippen LogP contribution is 2.44. The van der Waals surface area contributed by atoms with Crippen LogP contribution >= 0.6 is 0 Å². The summed E-state index contributed by atoms with van der Waals surface area (Å²) < 4.78 is 34.9. The van der Waals surface area contributed by atoms with Gasteiger partial charge in [-0.25, -0.2) is 4.79 Å². The Hall–Kier alpha value is -2.45. The van der Waals surface area contributed by atoms with Crippen molar-refractivity contribution < 1.29 is 31.9 Å². The van der Waals surface area contributed by atoms with E-state index >= 15 is 0 Å². The fourth-order valence-electron chi connectivity index (χ4n) is 4.14. The van der Waals surface area contributed by atoms with Crippen LogP contribution in [0.15, 0.2) is 18.2 Å². The predicted octanol–water partition coefficient (Wildman–Crippen LogP) is 2.14. The van der Waals surface area contributed by atoms with Gasteiger partial charge >= 0.3 is 16.4 Å². The molecule has 3 amide bonds. The van der Waals surface area contributed by atoms with Crippen LogP contribution in [0, 0.1) is 0 Å². The normalized spacial score (nSPS) is 18.4. The Morgan fingerprint density at radius 3 is 1.83 bits per heavy atom. The highest BCUT2D eigenvalue weighted by molar-refractivity contribution is 7.80. The van der Waals surface area contributed by atoms with Crippen molar-refractivity contribution in [3.63, 3.8) is 0 Å². The van der Waals surface area contributed by atoms with Crippen LogP contribution in [0.3, 0.4) is 0 Å². The molecule has 206 valence electrons. The first-order chi connectivity index (χ1) is 16.9. The second-order valence-corrected chi connectivity index (χ2v) is 9.14. The summed E-state index contributed by atoms with van der Waals surface area (Å²) in [5.41, 5.74) is 5.99. The summed E-state index contributed by atoms with van der Waals surface area (Å²) in [7, 11) is -4.93. The minimum absolute atomic E-state index is 0.0710. The summed E-state index contributed by atoms with van der Waals surface area (Å²) >= 11 is 0. The van der Waals surface area contributed by atoms with Gasteiger partial charge in [-0.2, -0.15) is 13.5 Å². The highest BCUT2D eigenvalue weighted by Gasteiger charge is 2.51. The Kier molecular flexibility index (Phi) is 12.6. The zero-order valence-electron chi connectivity index (χ0n) is 22.0. The standard InChI is InChI=1S/C11H11N3O7S.2C6H15N/c12-10(16)9-6-2-1-5(15)3-7(6)8-4-13(9)11(17)14(8)21-22(18,19)20;2*1-4-7(5-2)6-3/h1-3,8-9,15H,4H2,(H2,12,16)(H,18,19,20);2*4-6H2,1-3H3/t8-,9+;;/m0../s1. The average molecular weight is 532 g/mol. The first-order valence-electron chi connectivity index (χ1n) is 12.2. The van der Waals surface area contributed by atoms with Gasteiger partial charge in [0.15, 0.2) is 0 Å². The molecule has 0 spiro atoms. The maximum atomic E-state index is 12.2. The SMILES string of the molecule is CCN(CC)CC.CCN(CC)CC.NC(=O)[C@H]1c2ccc(O)cc2[C@@H]2CN1C(=O)N2OS(=O)(=O)O. The predicted molar refractivity (Wildman–Crippen MR) is 136 cm³/mol. The summed E-state index contributed by atoms with van der Waals surface area (Å²) in [4.78, 5) is 29.7. The van der Waals surface area contributed by atoms with Crippen molar-refractivity contribution in [2.24, 2.45) is 5.73 Å². The van der Waals surface area contributed by atoms with Crippen LogP contribution in [0.25, 0.3) is 0 Å². The van der Waals surface area contributed by atoms with E-state index in [1.807, 2.05) is 0 Å². The van der Waals surface area contributed by atoms with Crippen LogP contribution in [0.4, 0.5) is 4.79 Å². The molecule has 0 radical (unpaired) electrons. The number of benzene rings is 1. The summed E-state index contributed by atoms with van der Waals surface area (Å²) in [6.07, 6.45) is 0. The van der Waals surface area contributed by atoms with Crippen molar-refractivity contribution in [2.45, 2.75) is 53.6 Å². The number of phenols is 1. The van der Waals surface area contributed by atoms with E-state index < -0.39 is 34.4 Å². The van der Waals surface area contributed by atoms with Gasteiger partial charge in [0.2, 0.25) is 5.91 Å². The molecule has 1 saturated heterocycles. The van der Waals surface area contributed by atoms with Gasteiger partial charge in [-0.15, -0.1) is 4.28 Å². The monoisotopic (exact) mass is 531 g/mol. The number of phenolic OH excluding ortho intramolecular Hbond substituents is 1. The highest BCUT2D eigenvalue weighted by atomic mass is 32.3. The molecule has 4 N–H and O–H groups in total. The number of hydrogen-bond donors (Lipinski definition) is 3. The number of nitrogens with zero attached hydrogens (tertiary/aromatic N) is 4. The molecular weight excluding hydrogens is 490 g/mol. The number of primary amides is 1. The fourth-order valence-corrected chi connectivity index (χ4v) is 4.51. The Labute approximate surface area is 214 Å². The van der Waals surface area contributed by atoms with E-state index in [0.29, 0.717) is 16.2 Å². The van der Waals surface area contributed by atoms with Crippen LogP contribution in [-0.4, -0.2) is 95.6 Å². The molecule has 2 aliphatic rings. The Bertz CT molecular complexity index is 945. The smallest absolute Gasteiger partial charge is 0.418 e. The molecule has 13 heteroatoms. The van der Waals surface area contributed by atoms with E-state index in [2.05, 4.69) is 55.6 Å². The van der Waals surface area contributed by atoms with Crippen molar-refractivity contribution in [1.29, 1.82) is 0 Å². The molecule has 2 atom stereocenters. The minimum atomic E-state index is -4.93. The lowest BCUT2D eigenvalue weighted by molar-refractivity contribution is -0.122. The van der Waals surface area contributed by atoms with Crippen molar-refractivity contribution in [1.82, 2.24) is 19.8 Å². The van der Waals surface area contributed by atoms with Gasteiger partial charge in [-0.3, -0.25) is 9.35 Å². The number of nitrogens with two attached hydrogens (primary N) is 1. The molecule has 1 aromatic rings. The lowest BCUT2D eigenvalue weighted by Crippen LogP contribution is -2.41. The van der Waals surface area contributed by atoms with Gasteiger partial charge in [0.1, 0.15) is 17.8 Å². The van der Waals surface area contributed by atoms with Crippen LogP contribution < -0.4 is 5.73 Å². The summed E-state index contributed by atoms with van der Waals surface area (Å²) in [6.45, 7) is 20.2. The van der Waals surface area contributed by atoms with Crippen LogP contribution in [0.1, 0.15) is 64.8 Å². The van der Waals surface area contributed by atoms with Crippen molar-refractivity contribution in [3.05, 3.63) is 29.3 Å². The van der Waals surface area contributed by atoms with Crippen molar-refractivity contribution >= 4 is 22.3 Å². The molecule has 2 aliphatic heterocycles. The molecule has 1 aromatic carbocycles. The summed E-state index contributed by atoms with van der Waals surface area (Å²) in [5.74, 6) is -0.950. The zero-order valence-corrected chi connectivity index (χ0v) is 22.9. The van der Waals surface area contributed by atoms with Crippen LogP contribution in [0.2, 0.25) is 0 Å². The van der Waals surface area contributed by atoms with E-state index in [9.17, 15) is 23.1 Å². The Morgan fingerprint density at radius 1 is 1.00 bits per heavy atom. The quantitative estimate of drug-likeness (QED) is 0.406. The lowest BCUT2D eigenvalue weighted by Gasteiger charge is -2.30. The maximum absolute atomic E-state index is 12.2. The number of hydroxylamine groups is 2. The number of hydrogen-bond acceptors (Lipinski definition) is 8. The van der Waals surface area contributed by atoms with Gasteiger partial charge in [0.05, 0.1) is 6.54 Å². The van der Waals surface area contributed by atoms with E-state index in [0.717, 1.165) is 4.90 Å². The fraction of sp³-hybridized carbons (Fsp3) is 0.652. The third-order valence-corrected chi connectivity index (χ3v) is 6.60. The van der Waals surface area contributed by atoms with Crippen LogP contribution in [0.5, 0.6) is 5.75 Å². The number of urea groups is 1. The summed E-state index contributed by atoms with van der Waals surface area (Å²) in [5, 5.41) is 10.0.